The molecular formula is C20H14ClF4N3O. The van der Waals surface area contributed by atoms with E-state index in [9.17, 15) is 22.4 Å². The lowest BCUT2D eigenvalue weighted by molar-refractivity contribution is -0.137. The lowest BCUT2D eigenvalue weighted by Gasteiger charge is -2.12. The number of carbonyl (C=O) groups excluding carboxylic acids is 1. The number of benzene rings is 2. The summed E-state index contributed by atoms with van der Waals surface area (Å²) in [5, 5.41) is 4.46. The van der Waals surface area contributed by atoms with Gasteiger partial charge in [0, 0.05) is 24.0 Å². The molecule has 9 heteroatoms. The number of carbonyl (C=O) groups is 1. The fourth-order valence-corrected chi connectivity index (χ4v) is 2.81. The normalized spacial score (nSPS) is 11.2. The summed E-state index contributed by atoms with van der Waals surface area (Å²) in [6, 6.07) is 12.4. The van der Waals surface area contributed by atoms with Crippen molar-refractivity contribution in [2.24, 2.45) is 0 Å². The highest BCUT2D eigenvalue weighted by Crippen LogP contribution is 2.36. The summed E-state index contributed by atoms with van der Waals surface area (Å²) in [7, 11) is 0. The highest BCUT2D eigenvalue weighted by molar-refractivity contribution is 6.31. The van der Waals surface area contributed by atoms with Crippen LogP contribution in [0.25, 0.3) is 11.1 Å². The number of hydrogen-bond acceptors (Lipinski definition) is 2. The summed E-state index contributed by atoms with van der Waals surface area (Å²) >= 11 is 5.56. The summed E-state index contributed by atoms with van der Waals surface area (Å²) in [6.45, 7) is 0.133. The summed E-state index contributed by atoms with van der Waals surface area (Å²) in [5.41, 5.74) is 1.17. The van der Waals surface area contributed by atoms with E-state index in [1.165, 1.54) is 18.3 Å². The van der Waals surface area contributed by atoms with Gasteiger partial charge in [0.1, 0.15) is 0 Å². The molecule has 29 heavy (non-hydrogen) atoms. The number of nitrogens with zero attached hydrogens (tertiary/aromatic N) is 1. The molecule has 0 bridgehead atoms. The van der Waals surface area contributed by atoms with Gasteiger partial charge >= 0.3 is 12.2 Å². The van der Waals surface area contributed by atoms with Crippen molar-refractivity contribution < 1.29 is 22.4 Å². The molecule has 0 saturated carbocycles. The Labute approximate surface area is 168 Å². The molecule has 3 rings (SSSR count). The molecule has 0 aliphatic rings. The van der Waals surface area contributed by atoms with Gasteiger partial charge in [-0.25, -0.2) is 9.78 Å². The molecular weight excluding hydrogens is 410 g/mol. The minimum Gasteiger partial charge on any atom is -0.334 e. The second kappa shape index (κ2) is 8.48. The third-order valence-corrected chi connectivity index (χ3v) is 4.30. The van der Waals surface area contributed by atoms with Crippen molar-refractivity contribution >= 4 is 23.3 Å². The van der Waals surface area contributed by atoms with Gasteiger partial charge in [-0.1, -0.05) is 29.8 Å². The number of hydrogen-bond donors (Lipinski definition) is 2. The SMILES string of the molecule is O=C(NCc1cccc(-c2ccc(F)nc2)c1)Nc1ccc(Cl)c(C(F)(F)F)c1. The van der Waals surface area contributed by atoms with Crippen molar-refractivity contribution in [3.8, 4) is 11.1 Å². The van der Waals surface area contributed by atoms with Gasteiger partial charge in [0.25, 0.3) is 0 Å². The molecule has 0 saturated heterocycles. The highest BCUT2D eigenvalue weighted by Gasteiger charge is 2.33. The molecule has 2 N–H and O–H groups in total. The molecule has 0 unspecified atom stereocenters. The van der Waals surface area contributed by atoms with Crippen LogP contribution in [-0.4, -0.2) is 11.0 Å². The second-order valence-electron chi connectivity index (χ2n) is 6.07. The number of aromatic nitrogens is 1. The summed E-state index contributed by atoms with van der Waals surface area (Å²) < 4.78 is 51.6. The Kier molecular flexibility index (Phi) is 6.03. The van der Waals surface area contributed by atoms with Gasteiger partial charge in [0.15, 0.2) is 0 Å². The fraction of sp³-hybridized carbons (Fsp3) is 0.100. The average molecular weight is 424 g/mol. The minimum atomic E-state index is -4.62. The predicted octanol–water partition coefficient (Wildman–Crippen LogP) is 5.88. The number of anilines is 1. The van der Waals surface area contributed by atoms with E-state index in [1.807, 2.05) is 6.07 Å². The van der Waals surface area contributed by atoms with Crippen molar-refractivity contribution in [3.05, 3.63) is 82.9 Å². The van der Waals surface area contributed by atoms with Gasteiger partial charge in [-0.3, -0.25) is 0 Å². The molecule has 3 aromatic rings. The van der Waals surface area contributed by atoms with E-state index in [1.54, 1.807) is 24.3 Å². The topological polar surface area (TPSA) is 54.0 Å². The predicted molar refractivity (Wildman–Crippen MR) is 102 cm³/mol. The highest BCUT2D eigenvalue weighted by atomic mass is 35.5. The second-order valence-corrected chi connectivity index (χ2v) is 6.48. The van der Waals surface area contributed by atoms with Crippen LogP contribution < -0.4 is 10.6 Å². The van der Waals surface area contributed by atoms with E-state index in [2.05, 4.69) is 15.6 Å². The zero-order chi connectivity index (χ0) is 21.0. The Morgan fingerprint density at radius 1 is 1.03 bits per heavy atom. The van der Waals surface area contributed by atoms with Crippen LogP contribution in [0.5, 0.6) is 0 Å². The lowest BCUT2D eigenvalue weighted by Crippen LogP contribution is -2.28. The molecule has 0 aliphatic heterocycles. The first-order valence-corrected chi connectivity index (χ1v) is 8.72. The third kappa shape index (κ3) is 5.45. The van der Waals surface area contributed by atoms with Crippen LogP contribution in [0, 0.1) is 5.95 Å². The molecule has 1 heterocycles. The zero-order valence-electron chi connectivity index (χ0n) is 14.7. The van der Waals surface area contributed by atoms with E-state index in [0.717, 1.165) is 23.3 Å². The first kappa shape index (κ1) is 20.6. The quantitative estimate of drug-likeness (QED) is 0.406. The van der Waals surface area contributed by atoms with Gasteiger partial charge in [-0.05, 0) is 47.5 Å². The maximum absolute atomic E-state index is 12.9. The lowest BCUT2D eigenvalue weighted by atomic mass is 10.0. The van der Waals surface area contributed by atoms with Crippen LogP contribution in [0.3, 0.4) is 0 Å². The summed E-state index contributed by atoms with van der Waals surface area (Å²) in [4.78, 5) is 15.6. The van der Waals surface area contributed by atoms with Crippen LogP contribution in [0.4, 0.5) is 28.0 Å². The maximum atomic E-state index is 12.9. The molecule has 150 valence electrons. The number of urea groups is 1. The Morgan fingerprint density at radius 3 is 2.52 bits per heavy atom. The maximum Gasteiger partial charge on any atom is 0.417 e. The number of pyridine rings is 1. The summed E-state index contributed by atoms with van der Waals surface area (Å²) in [5.74, 6) is -0.584. The van der Waals surface area contributed by atoms with Crippen LogP contribution in [0.15, 0.2) is 60.8 Å². The first-order chi connectivity index (χ1) is 13.7. The van der Waals surface area contributed by atoms with E-state index in [0.29, 0.717) is 5.56 Å². The number of halogens is 5. The third-order valence-electron chi connectivity index (χ3n) is 3.97. The van der Waals surface area contributed by atoms with Crippen LogP contribution >= 0.6 is 11.6 Å². The van der Waals surface area contributed by atoms with Crippen LogP contribution in [0.1, 0.15) is 11.1 Å². The van der Waals surface area contributed by atoms with Gasteiger partial charge in [-0.2, -0.15) is 17.6 Å². The molecule has 0 aliphatic carbocycles. The number of amides is 2. The average Bonchev–Trinajstić information content (AvgIpc) is 2.68. The molecule has 0 atom stereocenters. The number of rotatable bonds is 4. The Balaban J connectivity index is 1.64. The van der Waals surface area contributed by atoms with Gasteiger partial charge in [0.2, 0.25) is 5.95 Å². The standard InChI is InChI=1S/C20H14ClF4N3O/c21-17-6-5-15(9-16(17)20(23,24)25)28-19(29)27-10-12-2-1-3-13(8-12)14-4-7-18(22)26-11-14/h1-9,11H,10H2,(H2,27,28,29). The number of alkyl halides is 3. The van der Waals surface area contributed by atoms with Crippen LogP contribution in [-0.2, 0) is 12.7 Å². The van der Waals surface area contributed by atoms with Crippen LogP contribution in [0.2, 0.25) is 5.02 Å². The molecule has 1 aromatic heterocycles. The monoisotopic (exact) mass is 423 g/mol. The van der Waals surface area contributed by atoms with E-state index < -0.39 is 28.7 Å². The van der Waals surface area contributed by atoms with Crippen molar-refractivity contribution in [1.29, 1.82) is 0 Å². The molecule has 2 amide bonds. The Bertz CT molecular complexity index is 1020. The van der Waals surface area contributed by atoms with Gasteiger partial charge in [-0.15, -0.1) is 0 Å². The van der Waals surface area contributed by atoms with E-state index in [-0.39, 0.29) is 12.2 Å². The van der Waals surface area contributed by atoms with Crippen molar-refractivity contribution in [1.82, 2.24) is 10.3 Å². The van der Waals surface area contributed by atoms with Crippen molar-refractivity contribution in [3.63, 3.8) is 0 Å². The minimum absolute atomic E-state index is 0.0367. The number of nitrogens with one attached hydrogen (secondary N) is 2. The molecule has 4 nitrogen and oxygen atoms in total. The van der Waals surface area contributed by atoms with Gasteiger partial charge < -0.3 is 10.6 Å². The molecule has 2 aromatic carbocycles. The fourth-order valence-electron chi connectivity index (χ4n) is 2.59. The van der Waals surface area contributed by atoms with Crippen molar-refractivity contribution in [2.45, 2.75) is 12.7 Å². The zero-order valence-corrected chi connectivity index (χ0v) is 15.5. The molecule has 0 radical (unpaired) electrons. The largest absolute Gasteiger partial charge is 0.417 e. The van der Waals surface area contributed by atoms with Gasteiger partial charge in [0.05, 0.1) is 10.6 Å². The smallest absolute Gasteiger partial charge is 0.334 e. The Hall–Kier alpha value is -3.13. The van der Waals surface area contributed by atoms with Crippen molar-refractivity contribution in [2.75, 3.05) is 5.32 Å². The first-order valence-electron chi connectivity index (χ1n) is 8.35. The van der Waals surface area contributed by atoms with E-state index in [4.69, 9.17) is 11.6 Å². The summed E-state index contributed by atoms with van der Waals surface area (Å²) in [6.07, 6.45) is -3.23. The molecule has 0 spiro atoms. The molecule has 0 fully saturated rings. The van der Waals surface area contributed by atoms with E-state index >= 15 is 0 Å². The Morgan fingerprint density at radius 2 is 1.83 bits per heavy atom.